The number of nitrogens with one attached hydrogen (secondary N) is 1. The summed E-state index contributed by atoms with van der Waals surface area (Å²) in [6.07, 6.45) is 5.95. The molecule has 2 aromatic rings. The van der Waals surface area contributed by atoms with E-state index in [0.29, 0.717) is 5.41 Å². The lowest BCUT2D eigenvalue weighted by Crippen LogP contribution is -2.36. The minimum Gasteiger partial charge on any atom is -0.317 e. The molecule has 2 aliphatic rings. The van der Waals surface area contributed by atoms with Crippen molar-refractivity contribution in [2.45, 2.75) is 38.4 Å². The van der Waals surface area contributed by atoms with Gasteiger partial charge in [-0.15, -0.1) is 0 Å². The molecule has 1 saturated heterocycles. The summed E-state index contributed by atoms with van der Waals surface area (Å²) in [4.78, 5) is 2.68. The lowest BCUT2D eigenvalue weighted by atomic mass is 9.93. The fourth-order valence-electron chi connectivity index (χ4n) is 3.96. The summed E-state index contributed by atoms with van der Waals surface area (Å²) in [6, 6.07) is 5.15. The second kappa shape index (κ2) is 5.80. The Labute approximate surface area is 136 Å². The van der Waals surface area contributed by atoms with E-state index in [9.17, 15) is 0 Å². The molecule has 4 nitrogen and oxygen atoms in total. The number of rotatable bonds is 5. The van der Waals surface area contributed by atoms with Gasteiger partial charge in [0.2, 0.25) is 0 Å². The normalized spacial score (nSPS) is 23.3. The summed E-state index contributed by atoms with van der Waals surface area (Å²) in [7, 11) is 2.05. The summed E-state index contributed by atoms with van der Waals surface area (Å²) >= 11 is 1.80. The summed E-state index contributed by atoms with van der Waals surface area (Å²) in [5, 5.41) is 12.3. The van der Waals surface area contributed by atoms with Crippen LogP contribution in [0.5, 0.6) is 0 Å². The molecule has 2 aromatic heterocycles. The number of aromatic nitrogens is 2. The van der Waals surface area contributed by atoms with Gasteiger partial charge in [0.15, 0.2) is 0 Å². The average molecular weight is 316 g/mol. The van der Waals surface area contributed by atoms with E-state index in [2.05, 4.69) is 38.2 Å². The van der Waals surface area contributed by atoms with E-state index in [1.807, 2.05) is 17.9 Å². The first-order valence-corrected chi connectivity index (χ1v) is 9.14. The van der Waals surface area contributed by atoms with Gasteiger partial charge in [-0.25, -0.2) is 0 Å². The van der Waals surface area contributed by atoms with E-state index in [4.69, 9.17) is 0 Å². The van der Waals surface area contributed by atoms with E-state index in [-0.39, 0.29) is 0 Å². The monoisotopic (exact) mass is 316 g/mol. The zero-order valence-corrected chi connectivity index (χ0v) is 14.0. The van der Waals surface area contributed by atoms with Crippen molar-refractivity contribution < 1.29 is 0 Å². The lowest BCUT2D eigenvalue weighted by molar-refractivity contribution is 0.184. The van der Waals surface area contributed by atoms with Gasteiger partial charge in [0.25, 0.3) is 0 Å². The highest BCUT2D eigenvalue weighted by Crippen LogP contribution is 2.56. The van der Waals surface area contributed by atoms with Crippen LogP contribution in [0.25, 0.3) is 0 Å². The van der Waals surface area contributed by atoms with Crippen LogP contribution in [0.4, 0.5) is 0 Å². The zero-order chi connectivity index (χ0) is 15.0. The van der Waals surface area contributed by atoms with Gasteiger partial charge in [-0.2, -0.15) is 16.4 Å². The van der Waals surface area contributed by atoms with E-state index < -0.39 is 0 Å². The Kier molecular flexibility index (Phi) is 3.80. The molecule has 1 N–H and O–H groups in total. The van der Waals surface area contributed by atoms with Crippen molar-refractivity contribution in [1.29, 1.82) is 0 Å². The van der Waals surface area contributed by atoms with Crippen LogP contribution >= 0.6 is 11.3 Å². The third kappa shape index (κ3) is 2.73. The van der Waals surface area contributed by atoms with Crippen molar-refractivity contribution in [2.24, 2.45) is 12.5 Å². The Morgan fingerprint density at radius 2 is 2.23 bits per heavy atom. The van der Waals surface area contributed by atoms with Gasteiger partial charge >= 0.3 is 0 Å². The van der Waals surface area contributed by atoms with Crippen LogP contribution in [-0.4, -0.2) is 33.8 Å². The Hall–Kier alpha value is -1.17. The van der Waals surface area contributed by atoms with Crippen LogP contribution < -0.4 is 5.32 Å². The molecule has 1 aliphatic carbocycles. The number of hydrogen-bond donors (Lipinski definition) is 1. The van der Waals surface area contributed by atoms with Crippen LogP contribution in [0.2, 0.25) is 0 Å². The minimum absolute atomic E-state index is 0.583. The van der Waals surface area contributed by atoms with Gasteiger partial charge in [0, 0.05) is 32.4 Å². The highest BCUT2D eigenvalue weighted by molar-refractivity contribution is 7.07. The van der Waals surface area contributed by atoms with E-state index in [0.717, 1.165) is 19.1 Å². The maximum Gasteiger partial charge on any atom is 0.0521 e. The summed E-state index contributed by atoms with van der Waals surface area (Å²) in [5.41, 5.74) is 3.34. The average Bonchev–Trinajstić information content (AvgIpc) is 2.90. The molecule has 5 heteroatoms. The molecule has 2 fully saturated rings. The number of thiophene rings is 1. The second-order valence-electron chi connectivity index (χ2n) is 6.82. The van der Waals surface area contributed by atoms with Crippen molar-refractivity contribution in [3.8, 4) is 0 Å². The predicted molar refractivity (Wildman–Crippen MR) is 89.7 cm³/mol. The topological polar surface area (TPSA) is 33.1 Å². The van der Waals surface area contributed by atoms with Crippen LogP contribution in [0, 0.1) is 5.41 Å². The molecule has 0 unspecified atom stereocenters. The summed E-state index contributed by atoms with van der Waals surface area (Å²) in [5.74, 6) is 0. The third-order valence-corrected chi connectivity index (χ3v) is 6.17. The van der Waals surface area contributed by atoms with Crippen molar-refractivity contribution in [1.82, 2.24) is 20.0 Å². The van der Waals surface area contributed by atoms with Gasteiger partial charge in [0.1, 0.15) is 0 Å². The summed E-state index contributed by atoms with van der Waals surface area (Å²) < 4.78 is 2.01. The molecule has 22 heavy (non-hydrogen) atoms. The van der Waals surface area contributed by atoms with Crippen molar-refractivity contribution in [3.63, 3.8) is 0 Å². The third-order valence-electron chi connectivity index (χ3n) is 5.44. The van der Waals surface area contributed by atoms with Crippen molar-refractivity contribution in [3.05, 3.63) is 40.3 Å². The Bertz CT molecular complexity index is 612. The minimum atomic E-state index is 0.583. The smallest absolute Gasteiger partial charge is 0.0521 e. The number of nitrogens with zero attached hydrogens (tertiary/aromatic N) is 3. The Morgan fingerprint density at radius 1 is 1.36 bits per heavy atom. The largest absolute Gasteiger partial charge is 0.317 e. The molecule has 0 bridgehead atoms. The molecule has 1 aliphatic heterocycles. The van der Waals surface area contributed by atoms with Crippen LogP contribution in [0.1, 0.15) is 30.5 Å². The first-order chi connectivity index (χ1) is 10.8. The zero-order valence-electron chi connectivity index (χ0n) is 13.2. The van der Waals surface area contributed by atoms with Crippen LogP contribution in [-0.2, 0) is 20.1 Å². The maximum absolute atomic E-state index is 4.33. The SMILES string of the molecule is Cn1nccc1CN(Cc1ccsc1)[C@@H]1CC12CCNCC2. The summed E-state index contributed by atoms with van der Waals surface area (Å²) in [6.45, 7) is 4.45. The van der Waals surface area contributed by atoms with Crippen LogP contribution in [0.3, 0.4) is 0 Å². The molecule has 0 radical (unpaired) electrons. The van der Waals surface area contributed by atoms with Gasteiger partial charge in [-0.1, -0.05) is 0 Å². The van der Waals surface area contributed by atoms with Gasteiger partial charge < -0.3 is 5.32 Å². The highest BCUT2D eigenvalue weighted by atomic mass is 32.1. The van der Waals surface area contributed by atoms with Crippen molar-refractivity contribution in [2.75, 3.05) is 13.1 Å². The number of piperidine rings is 1. The molecular weight excluding hydrogens is 292 g/mol. The molecule has 1 atom stereocenters. The highest BCUT2D eigenvalue weighted by Gasteiger charge is 2.56. The second-order valence-corrected chi connectivity index (χ2v) is 7.60. The maximum atomic E-state index is 4.33. The van der Waals surface area contributed by atoms with Gasteiger partial charge in [-0.3, -0.25) is 9.58 Å². The Balaban J connectivity index is 1.52. The molecule has 1 saturated carbocycles. The molecule has 0 amide bonds. The number of aryl methyl sites for hydroxylation is 1. The fourth-order valence-corrected chi connectivity index (χ4v) is 4.62. The first-order valence-electron chi connectivity index (χ1n) is 8.20. The predicted octanol–water partition coefficient (Wildman–Crippen LogP) is 2.63. The first kappa shape index (κ1) is 14.4. The Morgan fingerprint density at radius 3 is 2.91 bits per heavy atom. The number of hydrogen-bond acceptors (Lipinski definition) is 4. The quantitative estimate of drug-likeness (QED) is 0.920. The molecule has 3 heterocycles. The van der Waals surface area contributed by atoms with Gasteiger partial charge in [-0.05, 0) is 66.2 Å². The van der Waals surface area contributed by atoms with Crippen LogP contribution in [0.15, 0.2) is 29.1 Å². The van der Waals surface area contributed by atoms with Crippen molar-refractivity contribution >= 4 is 11.3 Å². The van der Waals surface area contributed by atoms with E-state index in [1.165, 1.54) is 43.6 Å². The van der Waals surface area contributed by atoms with Gasteiger partial charge in [0.05, 0.1) is 5.69 Å². The van der Waals surface area contributed by atoms with E-state index in [1.54, 1.807) is 11.3 Å². The lowest BCUT2D eigenvalue weighted by Gasteiger charge is -2.29. The molecule has 4 rings (SSSR count). The molecule has 118 valence electrons. The standard InChI is InChI=1S/C17H24N4S/c1-20-15(2-6-19-20)12-21(11-14-3-9-22-13-14)16-10-17(16)4-7-18-8-5-17/h2-3,6,9,13,16,18H,4-5,7-8,10-12H2,1H3/t16-/m1/s1. The molecule has 1 spiro atoms. The molecular formula is C17H24N4S. The van der Waals surface area contributed by atoms with E-state index >= 15 is 0 Å². The molecule has 0 aromatic carbocycles. The fraction of sp³-hybridized carbons (Fsp3) is 0.588.